The molecule has 0 aliphatic carbocycles. The minimum atomic E-state index is 0.879. The Bertz CT molecular complexity index is 7190. The maximum absolute atomic E-state index is 6.93. The largest absolute Gasteiger partial charge is 0.455 e. The molecule has 22 rings (SSSR count). The van der Waals surface area contributed by atoms with E-state index >= 15 is 0 Å². The second kappa shape index (κ2) is 20.3. The van der Waals surface area contributed by atoms with Gasteiger partial charge in [-0.25, -0.2) is 0 Å². The van der Waals surface area contributed by atoms with E-state index in [2.05, 4.69) is 328 Å². The normalized spacial score (nSPS) is 12.3. The fourth-order valence-corrected chi connectivity index (χ4v) is 17.3. The van der Waals surface area contributed by atoms with Gasteiger partial charge in [0.05, 0.1) is 0 Å². The standard InChI is InChI=1S/C96H54O2/c1-4-19-66-55(16-1)34-43-81-85(66)51-60-18-3-5-20-67(60)93(81)94-79-28-13-9-24-75(79)91(76-25-10-14-29-80(76)94)64-40-47-89-87(53-64)83-45-38-61-48-58(36-41-69(61)96(83)98-89)57-32-33-59-49-62-37-42-71-70(84(62)54-65(59)50-57)30-15-31-72(71)92-77-26-11-7-22-73(77)90(74-23-8-12-27-78(74)92)63-39-46-88-86(52-63)82-44-35-56-17-2-6-21-68(56)95(82)97-88/h1-54H. The third kappa shape index (κ3) is 7.68. The maximum atomic E-state index is 6.93. The van der Waals surface area contributed by atoms with Crippen LogP contribution in [0.3, 0.4) is 0 Å². The predicted octanol–water partition coefficient (Wildman–Crippen LogP) is 27.7. The summed E-state index contributed by atoms with van der Waals surface area (Å²) in [6.45, 7) is 0. The van der Waals surface area contributed by atoms with Crippen LogP contribution < -0.4 is 0 Å². The molecule has 2 aromatic heterocycles. The summed E-state index contributed by atoms with van der Waals surface area (Å²) in [7, 11) is 0. The van der Waals surface area contributed by atoms with Crippen LogP contribution in [0.4, 0.5) is 0 Å². The van der Waals surface area contributed by atoms with E-state index in [-0.39, 0.29) is 0 Å². The molecule has 98 heavy (non-hydrogen) atoms. The molecule has 0 bridgehead atoms. The Hall–Kier alpha value is -12.9. The van der Waals surface area contributed by atoms with Crippen LogP contribution in [-0.4, -0.2) is 0 Å². The van der Waals surface area contributed by atoms with Crippen LogP contribution in [0, 0.1) is 0 Å². The van der Waals surface area contributed by atoms with Gasteiger partial charge in [0, 0.05) is 32.3 Å². The van der Waals surface area contributed by atoms with Crippen LogP contribution in [0.1, 0.15) is 0 Å². The average Bonchev–Trinajstić information content (AvgIpc) is 0.795. The van der Waals surface area contributed by atoms with Crippen molar-refractivity contribution in [3.8, 4) is 55.6 Å². The van der Waals surface area contributed by atoms with Crippen molar-refractivity contribution >= 4 is 173 Å². The third-order valence-corrected chi connectivity index (χ3v) is 21.7. The lowest BCUT2D eigenvalue weighted by Crippen LogP contribution is -1.93. The van der Waals surface area contributed by atoms with Crippen LogP contribution in [0.2, 0.25) is 0 Å². The summed E-state index contributed by atoms with van der Waals surface area (Å²) in [5.74, 6) is 0. The van der Waals surface area contributed by atoms with E-state index in [0.717, 1.165) is 65.6 Å². The molecule has 22 aromatic rings. The van der Waals surface area contributed by atoms with Gasteiger partial charge in [-0.3, -0.25) is 0 Å². The first-order chi connectivity index (χ1) is 48.6. The second-order valence-electron chi connectivity index (χ2n) is 26.8. The second-order valence-corrected chi connectivity index (χ2v) is 26.8. The summed E-state index contributed by atoms with van der Waals surface area (Å²) in [6, 6.07) is 122. The Morgan fingerprint density at radius 2 is 0.510 bits per heavy atom. The van der Waals surface area contributed by atoms with Crippen molar-refractivity contribution < 1.29 is 8.83 Å². The zero-order valence-corrected chi connectivity index (χ0v) is 53.0. The molecule has 450 valence electrons. The first-order valence-corrected chi connectivity index (χ1v) is 33.9. The molecular weight excluding hydrogens is 1190 g/mol. The Morgan fingerprint density at radius 3 is 1.11 bits per heavy atom. The molecule has 0 N–H and O–H groups in total. The van der Waals surface area contributed by atoms with Gasteiger partial charge in [0.15, 0.2) is 0 Å². The van der Waals surface area contributed by atoms with Crippen LogP contribution in [0.5, 0.6) is 0 Å². The fourth-order valence-electron chi connectivity index (χ4n) is 17.3. The number of hydrogen-bond acceptors (Lipinski definition) is 2. The summed E-state index contributed by atoms with van der Waals surface area (Å²) in [6.07, 6.45) is 0. The summed E-state index contributed by atoms with van der Waals surface area (Å²) in [5, 5.41) is 33.8. The maximum Gasteiger partial charge on any atom is 0.143 e. The molecule has 0 fully saturated rings. The van der Waals surface area contributed by atoms with Crippen molar-refractivity contribution in [2.24, 2.45) is 0 Å². The highest BCUT2D eigenvalue weighted by atomic mass is 16.3. The van der Waals surface area contributed by atoms with Crippen LogP contribution >= 0.6 is 0 Å². The van der Waals surface area contributed by atoms with Gasteiger partial charge in [0.25, 0.3) is 0 Å². The van der Waals surface area contributed by atoms with Crippen molar-refractivity contribution in [1.29, 1.82) is 0 Å². The number of hydrogen-bond donors (Lipinski definition) is 0. The van der Waals surface area contributed by atoms with Crippen molar-refractivity contribution in [3.63, 3.8) is 0 Å². The quantitative estimate of drug-likeness (QED) is 0.127. The highest BCUT2D eigenvalue weighted by Crippen LogP contribution is 2.52. The molecule has 2 heterocycles. The van der Waals surface area contributed by atoms with E-state index in [1.54, 1.807) is 0 Å². The van der Waals surface area contributed by atoms with Gasteiger partial charge in [-0.15, -0.1) is 0 Å². The zero-order chi connectivity index (χ0) is 63.8. The molecule has 2 nitrogen and oxygen atoms in total. The predicted molar refractivity (Wildman–Crippen MR) is 418 cm³/mol. The first-order valence-electron chi connectivity index (χ1n) is 33.9. The molecule has 2 heteroatoms. The molecule has 20 aromatic carbocycles. The van der Waals surface area contributed by atoms with Crippen LogP contribution in [0.25, 0.3) is 229 Å². The van der Waals surface area contributed by atoms with Crippen molar-refractivity contribution in [3.05, 3.63) is 328 Å². The van der Waals surface area contributed by atoms with Gasteiger partial charge < -0.3 is 8.83 Å². The van der Waals surface area contributed by atoms with Gasteiger partial charge in [-0.05, 0) is 247 Å². The lowest BCUT2D eigenvalue weighted by atomic mass is 9.82. The monoisotopic (exact) mass is 1240 g/mol. The van der Waals surface area contributed by atoms with Gasteiger partial charge >= 0.3 is 0 Å². The summed E-state index contributed by atoms with van der Waals surface area (Å²) >= 11 is 0. The highest BCUT2D eigenvalue weighted by Gasteiger charge is 2.24. The topological polar surface area (TPSA) is 26.3 Å². The minimum Gasteiger partial charge on any atom is -0.455 e. The third-order valence-electron chi connectivity index (χ3n) is 21.7. The molecule has 0 radical (unpaired) electrons. The van der Waals surface area contributed by atoms with Crippen molar-refractivity contribution in [1.82, 2.24) is 0 Å². The summed E-state index contributed by atoms with van der Waals surface area (Å²) in [5.41, 5.74) is 15.8. The molecule has 0 saturated heterocycles. The number of fused-ring (bicyclic) bond motifs is 22. The fraction of sp³-hybridized carbons (Fsp3) is 0. The molecule has 0 saturated carbocycles. The van der Waals surface area contributed by atoms with Gasteiger partial charge in [-0.2, -0.15) is 0 Å². The van der Waals surface area contributed by atoms with E-state index in [4.69, 9.17) is 8.83 Å². The van der Waals surface area contributed by atoms with Gasteiger partial charge in [0.1, 0.15) is 22.3 Å². The number of rotatable bonds is 5. The summed E-state index contributed by atoms with van der Waals surface area (Å²) in [4.78, 5) is 0. The Kier molecular flexibility index (Phi) is 11.1. The van der Waals surface area contributed by atoms with E-state index in [1.807, 2.05) is 0 Å². The molecule has 0 aliphatic heterocycles. The Balaban J connectivity index is 0.640. The molecular formula is C96H54O2. The van der Waals surface area contributed by atoms with E-state index in [9.17, 15) is 0 Å². The Morgan fingerprint density at radius 1 is 0.143 bits per heavy atom. The van der Waals surface area contributed by atoms with Crippen LogP contribution in [0.15, 0.2) is 336 Å². The minimum absolute atomic E-state index is 0.879. The lowest BCUT2D eigenvalue weighted by Gasteiger charge is -2.21. The van der Waals surface area contributed by atoms with Crippen molar-refractivity contribution in [2.45, 2.75) is 0 Å². The van der Waals surface area contributed by atoms with E-state index in [0.29, 0.717) is 0 Å². The van der Waals surface area contributed by atoms with Crippen LogP contribution in [-0.2, 0) is 0 Å². The molecule has 0 unspecified atom stereocenters. The number of furan rings is 2. The molecule has 0 amide bonds. The Labute approximate surface area is 561 Å². The molecule has 0 spiro atoms. The summed E-state index contributed by atoms with van der Waals surface area (Å²) < 4.78 is 13.5. The lowest BCUT2D eigenvalue weighted by molar-refractivity contribution is 0.672. The number of benzene rings is 20. The van der Waals surface area contributed by atoms with Gasteiger partial charge in [-0.1, -0.05) is 255 Å². The van der Waals surface area contributed by atoms with Gasteiger partial charge in [0.2, 0.25) is 0 Å². The SMILES string of the molecule is c1ccc2c(-c3c4ccccc4c(-c4ccc5oc6c7ccc(-c8ccc9cc%10ccc%11c(-c%12c%13ccccc%13c(-c%13ccc%14oc%15c%16ccccc%16ccc%15c%14c%13)c%13ccccc%12%13)cccc%11c%10cc9c8)cc7ccc6c5c4)c4ccccc34)c3ccc4ccccc4c3cc2c1. The highest BCUT2D eigenvalue weighted by molar-refractivity contribution is 6.31. The average molecular weight is 1240 g/mol. The molecule has 0 aliphatic rings. The smallest absolute Gasteiger partial charge is 0.143 e. The van der Waals surface area contributed by atoms with E-state index < -0.39 is 0 Å². The van der Waals surface area contributed by atoms with Crippen molar-refractivity contribution in [2.75, 3.05) is 0 Å². The van der Waals surface area contributed by atoms with E-state index in [1.165, 1.54) is 163 Å². The molecule has 0 atom stereocenters. The first kappa shape index (κ1) is 53.5. The zero-order valence-electron chi connectivity index (χ0n) is 53.0.